The fourth-order valence-electron chi connectivity index (χ4n) is 0. The van der Waals surface area contributed by atoms with Crippen molar-refractivity contribution in [3.63, 3.8) is 0 Å². The lowest BCUT2D eigenvalue weighted by molar-refractivity contribution is 0.434. The highest BCUT2D eigenvalue weighted by atomic mass is 79.9. The van der Waals surface area contributed by atoms with Crippen LogP contribution in [0.15, 0.2) is 0 Å². The van der Waals surface area contributed by atoms with Crippen LogP contribution in [0, 0.1) is 0 Å². The van der Waals surface area contributed by atoms with Gasteiger partial charge >= 0.3 is 0 Å². The summed E-state index contributed by atoms with van der Waals surface area (Å²) >= 11 is 0. The van der Waals surface area contributed by atoms with Crippen LogP contribution >= 0.6 is 17.0 Å². The van der Waals surface area contributed by atoms with Crippen molar-refractivity contribution in [3.05, 3.63) is 0 Å². The molecule has 0 spiro atoms. The van der Waals surface area contributed by atoms with Gasteiger partial charge in [0, 0.05) is 0 Å². The highest BCUT2D eigenvalue weighted by Crippen LogP contribution is 1.63. The van der Waals surface area contributed by atoms with Gasteiger partial charge in [-0.25, -0.2) is 0 Å². The van der Waals surface area contributed by atoms with E-state index < -0.39 is 0 Å². The summed E-state index contributed by atoms with van der Waals surface area (Å²) in [4.78, 5) is 2.12. The standard InChI is InChI=1S/C4H11N.BrH/c1-4-5(2)3;/h4H2,1-3H3;1H. The first-order valence-corrected chi connectivity index (χ1v) is 1.92. The molecule has 0 bridgehead atoms. The second kappa shape index (κ2) is 5.44. The number of halogens is 1. The molecule has 0 amide bonds. The van der Waals surface area contributed by atoms with Crippen molar-refractivity contribution in [2.45, 2.75) is 6.92 Å². The quantitative estimate of drug-likeness (QED) is 0.547. The average Bonchev–Trinajstić information content (AvgIpc) is 1.38. The molecule has 6 heavy (non-hydrogen) atoms. The maximum atomic E-state index is 2.12. The number of hydrogen-bond acceptors (Lipinski definition) is 1. The molecule has 0 radical (unpaired) electrons. The number of rotatable bonds is 1. The van der Waals surface area contributed by atoms with Crippen molar-refractivity contribution < 1.29 is 0 Å². The molecule has 0 unspecified atom stereocenters. The largest absolute Gasteiger partial charge is 0.310 e. The molecule has 40 valence electrons. The molecule has 2 heteroatoms. The molecule has 0 aliphatic heterocycles. The molecule has 0 fully saturated rings. The lowest BCUT2D eigenvalue weighted by Crippen LogP contribution is -2.08. The minimum absolute atomic E-state index is 0. The van der Waals surface area contributed by atoms with Gasteiger partial charge in [-0.1, -0.05) is 6.92 Å². The summed E-state index contributed by atoms with van der Waals surface area (Å²) in [5, 5.41) is 0. The maximum absolute atomic E-state index is 2.12. The first-order chi connectivity index (χ1) is 2.27. The molecule has 0 aromatic rings. The molecule has 0 rings (SSSR count). The van der Waals surface area contributed by atoms with E-state index >= 15 is 0 Å². The predicted octanol–water partition coefficient (Wildman–Crippen LogP) is 1.15. The smallest absolute Gasteiger partial charge is 0.00533 e. The Morgan fingerprint density at radius 1 is 1.33 bits per heavy atom. The van der Waals surface area contributed by atoms with Gasteiger partial charge in [0.05, 0.1) is 0 Å². The Balaban J connectivity index is 0. The van der Waals surface area contributed by atoms with Gasteiger partial charge in [0.25, 0.3) is 0 Å². The Hall–Kier alpha value is 0.440. The van der Waals surface area contributed by atoms with E-state index in [1.165, 1.54) is 0 Å². The fraction of sp³-hybridized carbons (Fsp3) is 1.00. The van der Waals surface area contributed by atoms with Gasteiger partial charge < -0.3 is 4.90 Å². The van der Waals surface area contributed by atoms with Crippen LogP contribution in [0.1, 0.15) is 6.92 Å². The highest BCUT2D eigenvalue weighted by molar-refractivity contribution is 8.93. The van der Waals surface area contributed by atoms with E-state index in [4.69, 9.17) is 0 Å². The van der Waals surface area contributed by atoms with Crippen molar-refractivity contribution in [1.29, 1.82) is 0 Å². The van der Waals surface area contributed by atoms with Gasteiger partial charge in [-0.15, -0.1) is 17.0 Å². The van der Waals surface area contributed by atoms with Gasteiger partial charge in [-0.3, -0.25) is 0 Å². The molecule has 0 aromatic carbocycles. The molecular weight excluding hydrogens is 142 g/mol. The van der Waals surface area contributed by atoms with Crippen molar-refractivity contribution >= 4 is 17.0 Å². The van der Waals surface area contributed by atoms with E-state index in [9.17, 15) is 0 Å². The van der Waals surface area contributed by atoms with Gasteiger partial charge in [0.2, 0.25) is 0 Å². The monoisotopic (exact) mass is 153 g/mol. The summed E-state index contributed by atoms with van der Waals surface area (Å²) in [7, 11) is 4.11. The predicted molar refractivity (Wildman–Crippen MR) is 34.5 cm³/mol. The Morgan fingerprint density at radius 3 is 1.50 bits per heavy atom. The van der Waals surface area contributed by atoms with Crippen molar-refractivity contribution in [1.82, 2.24) is 4.90 Å². The van der Waals surface area contributed by atoms with E-state index in [1.54, 1.807) is 0 Å². The first kappa shape index (κ1) is 9.67. The summed E-state index contributed by atoms with van der Waals surface area (Å²) < 4.78 is 0. The van der Waals surface area contributed by atoms with Crippen LogP contribution in [-0.2, 0) is 0 Å². The third-order valence-electron chi connectivity index (χ3n) is 0.632. The SMILES string of the molecule is Br.CCN(C)C. The summed E-state index contributed by atoms with van der Waals surface area (Å²) in [6.45, 7) is 3.26. The van der Waals surface area contributed by atoms with Crippen LogP contribution in [0.5, 0.6) is 0 Å². The summed E-state index contributed by atoms with van der Waals surface area (Å²) in [6, 6.07) is 0. The van der Waals surface area contributed by atoms with E-state index in [1.807, 2.05) is 0 Å². The van der Waals surface area contributed by atoms with Crippen LogP contribution in [0.25, 0.3) is 0 Å². The molecule has 0 aliphatic rings. The molecule has 0 atom stereocenters. The topological polar surface area (TPSA) is 3.24 Å². The number of nitrogens with zero attached hydrogens (tertiary/aromatic N) is 1. The van der Waals surface area contributed by atoms with E-state index in [0.717, 1.165) is 6.54 Å². The van der Waals surface area contributed by atoms with Gasteiger partial charge in [0.1, 0.15) is 0 Å². The lowest BCUT2D eigenvalue weighted by Gasteiger charge is -2.00. The molecule has 0 aromatic heterocycles. The zero-order valence-corrected chi connectivity index (χ0v) is 6.28. The Bertz CT molecular complexity index is 21.5. The Morgan fingerprint density at radius 2 is 1.50 bits per heavy atom. The van der Waals surface area contributed by atoms with E-state index in [0.29, 0.717) is 0 Å². The second-order valence-electron chi connectivity index (χ2n) is 1.40. The molecule has 0 N–H and O–H groups in total. The van der Waals surface area contributed by atoms with E-state index in [2.05, 4.69) is 25.9 Å². The minimum atomic E-state index is 0. The minimum Gasteiger partial charge on any atom is -0.310 e. The number of hydrogen-bond donors (Lipinski definition) is 0. The normalized spacial score (nSPS) is 8.00. The first-order valence-electron chi connectivity index (χ1n) is 1.92. The molecule has 0 saturated heterocycles. The molecule has 0 saturated carbocycles. The fourth-order valence-corrected chi connectivity index (χ4v) is 0. The van der Waals surface area contributed by atoms with Crippen molar-refractivity contribution in [2.24, 2.45) is 0 Å². The second-order valence-corrected chi connectivity index (χ2v) is 1.40. The van der Waals surface area contributed by atoms with Gasteiger partial charge in [0.15, 0.2) is 0 Å². The van der Waals surface area contributed by atoms with Crippen LogP contribution < -0.4 is 0 Å². The molecule has 0 heterocycles. The van der Waals surface area contributed by atoms with Crippen LogP contribution in [-0.4, -0.2) is 25.5 Å². The lowest BCUT2D eigenvalue weighted by atomic mass is 10.7. The highest BCUT2D eigenvalue weighted by Gasteiger charge is 1.72. The maximum Gasteiger partial charge on any atom is -0.00533 e. The average molecular weight is 154 g/mol. The van der Waals surface area contributed by atoms with Crippen molar-refractivity contribution in [3.8, 4) is 0 Å². The zero-order valence-electron chi connectivity index (χ0n) is 4.56. The van der Waals surface area contributed by atoms with Crippen LogP contribution in [0.2, 0.25) is 0 Å². The molecular formula is C4H12BrN. The zero-order chi connectivity index (χ0) is 4.28. The van der Waals surface area contributed by atoms with Gasteiger partial charge in [-0.05, 0) is 20.6 Å². The van der Waals surface area contributed by atoms with Crippen LogP contribution in [0.4, 0.5) is 0 Å². The summed E-state index contributed by atoms with van der Waals surface area (Å²) in [6.07, 6.45) is 0. The third-order valence-corrected chi connectivity index (χ3v) is 0.632. The summed E-state index contributed by atoms with van der Waals surface area (Å²) in [5.74, 6) is 0. The molecule has 0 aliphatic carbocycles. The Labute approximate surface area is 50.1 Å². The van der Waals surface area contributed by atoms with Crippen molar-refractivity contribution in [2.75, 3.05) is 20.6 Å². The van der Waals surface area contributed by atoms with Crippen LogP contribution in [0.3, 0.4) is 0 Å². The van der Waals surface area contributed by atoms with Gasteiger partial charge in [-0.2, -0.15) is 0 Å². The van der Waals surface area contributed by atoms with E-state index in [-0.39, 0.29) is 17.0 Å². The molecule has 1 nitrogen and oxygen atoms in total. The third kappa shape index (κ3) is 8.83. The Kier molecular flexibility index (Phi) is 8.77. The summed E-state index contributed by atoms with van der Waals surface area (Å²) in [5.41, 5.74) is 0.